The number of piperazine rings is 1. The van der Waals surface area contributed by atoms with Gasteiger partial charge in [-0.25, -0.2) is 0 Å². The number of rotatable bonds is 4. The molecule has 1 fully saturated rings. The summed E-state index contributed by atoms with van der Waals surface area (Å²) in [6, 6.07) is 11.3. The SMILES string of the molecule is CC1CNCC(CO)N1CCc1ccccc1. The first-order chi connectivity index (χ1) is 8.31. The van der Waals surface area contributed by atoms with Crippen LogP contribution < -0.4 is 5.32 Å². The molecule has 3 heteroatoms. The summed E-state index contributed by atoms with van der Waals surface area (Å²) in [7, 11) is 0. The Morgan fingerprint density at radius 3 is 2.76 bits per heavy atom. The van der Waals surface area contributed by atoms with Crippen LogP contribution in [0.25, 0.3) is 0 Å². The lowest BCUT2D eigenvalue weighted by Gasteiger charge is -2.40. The first-order valence-corrected chi connectivity index (χ1v) is 6.42. The molecule has 0 spiro atoms. The van der Waals surface area contributed by atoms with E-state index in [0.29, 0.717) is 6.04 Å². The summed E-state index contributed by atoms with van der Waals surface area (Å²) >= 11 is 0. The van der Waals surface area contributed by atoms with E-state index in [1.807, 2.05) is 6.07 Å². The van der Waals surface area contributed by atoms with Crippen LogP contribution in [0.15, 0.2) is 30.3 Å². The van der Waals surface area contributed by atoms with Gasteiger partial charge in [-0.15, -0.1) is 0 Å². The topological polar surface area (TPSA) is 35.5 Å². The highest BCUT2D eigenvalue weighted by atomic mass is 16.3. The fourth-order valence-corrected chi connectivity index (χ4v) is 2.53. The van der Waals surface area contributed by atoms with Gasteiger partial charge in [0, 0.05) is 31.7 Å². The summed E-state index contributed by atoms with van der Waals surface area (Å²) in [4.78, 5) is 2.42. The van der Waals surface area contributed by atoms with Crippen LogP contribution in [0, 0.1) is 0 Å². The molecular formula is C14H22N2O. The molecule has 17 heavy (non-hydrogen) atoms. The van der Waals surface area contributed by atoms with Gasteiger partial charge < -0.3 is 10.4 Å². The third-order valence-corrected chi connectivity index (χ3v) is 3.57. The van der Waals surface area contributed by atoms with Crippen molar-refractivity contribution in [2.75, 3.05) is 26.2 Å². The lowest BCUT2D eigenvalue weighted by molar-refractivity contribution is 0.0642. The number of nitrogens with one attached hydrogen (secondary N) is 1. The van der Waals surface area contributed by atoms with E-state index in [4.69, 9.17) is 0 Å². The van der Waals surface area contributed by atoms with E-state index in [2.05, 4.69) is 41.4 Å². The Hall–Kier alpha value is -0.900. The van der Waals surface area contributed by atoms with Crippen molar-refractivity contribution < 1.29 is 5.11 Å². The van der Waals surface area contributed by atoms with Crippen LogP contribution in [0.2, 0.25) is 0 Å². The highest BCUT2D eigenvalue weighted by Gasteiger charge is 2.26. The third kappa shape index (κ3) is 3.28. The highest BCUT2D eigenvalue weighted by Crippen LogP contribution is 2.11. The van der Waals surface area contributed by atoms with Gasteiger partial charge >= 0.3 is 0 Å². The monoisotopic (exact) mass is 234 g/mol. The number of nitrogens with zero attached hydrogens (tertiary/aromatic N) is 1. The van der Waals surface area contributed by atoms with Gasteiger partial charge in [0.15, 0.2) is 0 Å². The second-order valence-electron chi connectivity index (χ2n) is 4.82. The van der Waals surface area contributed by atoms with Gasteiger partial charge in [-0.3, -0.25) is 4.90 Å². The van der Waals surface area contributed by atoms with Crippen LogP contribution in [0.1, 0.15) is 12.5 Å². The smallest absolute Gasteiger partial charge is 0.0599 e. The fourth-order valence-electron chi connectivity index (χ4n) is 2.53. The van der Waals surface area contributed by atoms with Crippen LogP contribution in [-0.2, 0) is 6.42 Å². The predicted molar refractivity (Wildman–Crippen MR) is 70.1 cm³/mol. The van der Waals surface area contributed by atoms with E-state index in [1.54, 1.807) is 0 Å². The third-order valence-electron chi connectivity index (χ3n) is 3.57. The fraction of sp³-hybridized carbons (Fsp3) is 0.571. The first kappa shape index (κ1) is 12.6. The Kier molecular flexibility index (Phi) is 4.54. The molecule has 0 aromatic heterocycles. The average Bonchev–Trinajstić information content (AvgIpc) is 2.38. The molecule has 1 saturated heterocycles. The van der Waals surface area contributed by atoms with Gasteiger partial charge in [0.25, 0.3) is 0 Å². The summed E-state index contributed by atoms with van der Waals surface area (Å²) in [6.45, 7) is 5.41. The van der Waals surface area contributed by atoms with Crippen molar-refractivity contribution in [2.24, 2.45) is 0 Å². The second kappa shape index (κ2) is 6.15. The molecule has 2 rings (SSSR count). The van der Waals surface area contributed by atoms with Crippen LogP contribution in [0.4, 0.5) is 0 Å². The maximum atomic E-state index is 9.39. The molecule has 2 N–H and O–H groups in total. The lowest BCUT2D eigenvalue weighted by atomic mass is 10.1. The van der Waals surface area contributed by atoms with Crippen molar-refractivity contribution in [3.63, 3.8) is 0 Å². The van der Waals surface area contributed by atoms with Crippen molar-refractivity contribution >= 4 is 0 Å². The van der Waals surface area contributed by atoms with Gasteiger partial charge in [-0.05, 0) is 18.9 Å². The zero-order valence-electron chi connectivity index (χ0n) is 10.5. The number of hydrogen-bond acceptors (Lipinski definition) is 3. The molecule has 2 atom stereocenters. The largest absolute Gasteiger partial charge is 0.395 e. The number of hydrogen-bond donors (Lipinski definition) is 2. The summed E-state index contributed by atoms with van der Waals surface area (Å²) in [5.41, 5.74) is 1.37. The Labute approximate surface area is 103 Å². The van der Waals surface area contributed by atoms with E-state index in [9.17, 15) is 5.11 Å². The highest BCUT2D eigenvalue weighted by molar-refractivity contribution is 5.15. The molecule has 1 heterocycles. The molecular weight excluding hydrogens is 212 g/mol. The number of aliphatic hydroxyl groups is 1. The molecule has 0 aliphatic carbocycles. The Balaban J connectivity index is 1.92. The van der Waals surface area contributed by atoms with Crippen molar-refractivity contribution in [3.8, 4) is 0 Å². The van der Waals surface area contributed by atoms with Crippen LogP contribution in [-0.4, -0.2) is 48.3 Å². The van der Waals surface area contributed by atoms with Gasteiger partial charge in [0.1, 0.15) is 0 Å². The van der Waals surface area contributed by atoms with Crippen LogP contribution in [0.5, 0.6) is 0 Å². The zero-order chi connectivity index (χ0) is 12.1. The van der Waals surface area contributed by atoms with E-state index >= 15 is 0 Å². The molecule has 3 nitrogen and oxygen atoms in total. The summed E-state index contributed by atoms with van der Waals surface area (Å²) in [6.07, 6.45) is 1.06. The maximum absolute atomic E-state index is 9.39. The first-order valence-electron chi connectivity index (χ1n) is 6.42. The molecule has 94 valence electrons. The lowest BCUT2D eigenvalue weighted by Crippen LogP contribution is -2.58. The number of benzene rings is 1. The van der Waals surface area contributed by atoms with Gasteiger partial charge in [0.05, 0.1) is 6.61 Å². The molecule has 1 aromatic carbocycles. The Morgan fingerprint density at radius 1 is 1.29 bits per heavy atom. The minimum atomic E-state index is 0.242. The van der Waals surface area contributed by atoms with Crippen molar-refractivity contribution in [1.82, 2.24) is 10.2 Å². The Bertz CT molecular complexity index is 328. The Morgan fingerprint density at radius 2 is 2.06 bits per heavy atom. The van der Waals surface area contributed by atoms with Crippen molar-refractivity contribution in [3.05, 3.63) is 35.9 Å². The quantitative estimate of drug-likeness (QED) is 0.812. The van der Waals surface area contributed by atoms with Crippen molar-refractivity contribution in [1.29, 1.82) is 0 Å². The van der Waals surface area contributed by atoms with E-state index in [1.165, 1.54) is 5.56 Å². The van der Waals surface area contributed by atoms with Gasteiger partial charge in [-0.1, -0.05) is 30.3 Å². The molecule has 0 saturated carbocycles. The minimum absolute atomic E-state index is 0.242. The molecule has 1 aliphatic rings. The molecule has 2 unspecified atom stereocenters. The summed E-state index contributed by atoms with van der Waals surface area (Å²) in [5, 5.41) is 12.8. The van der Waals surface area contributed by atoms with Gasteiger partial charge in [-0.2, -0.15) is 0 Å². The molecule has 0 radical (unpaired) electrons. The van der Waals surface area contributed by atoms with Crippen molar-refractivity contribution in [2.45, 2.75) is 25.4 Å². The van der Waals surface area contributed by atoms with E-state index < -0.39 is 0 Å². The normalized spacial score (nSPS) is 26.0. The molecule has 1 aromatic rings. The predicted octanol–water partition coefficient (Wildman–Crippen LogP) is 0.884. The zero-order valence-corrected chi connectivity index (χ0v) is 10.5. The number of aliphatic hydroxyl groups excluding tert-OH is 1. The van der Waals surface area contributed by atoms with E-state index in [0.717, 1.165) is 26.1 Å². The van der Waals surface area contributed by atoms with Gasteiger partial charge in [0.2, 0.25) is 0 Å². The molecule has 0 amide bonds. The maximum Gasteiger partial charge on any atom is 0.0599 e. The molecule has 0 bridgehead atoms. The standard InChI is InChI=1S/C14H22N2O/c1-12-9-15-10-14(11-17)16(12)8-7-13-5-3-2-4-6-13/h2-6,12,14-15,17H,7-11H2,1H3. The minimum Gasteiger partial charge on any atom is -0.395 e. The van der Waals surface area contributed by atoms with Crippen LogP contribution >= 0.6 is 0 Å². The summed E-state index contributed by atoms with van der Waals surface area (Å²) in [5.74, 6) is 0. The second-order valence-corrected chi connectivity index (χ2v) is 4.82. The van der Waals surface area contributed by atoms with E-state index in [-0.39, 0.29) is 12.6 Å². The summed E-state index contributed by atoms with van der Waals surface area (Å²) < 4.78 is 0. The van der Waals surface area contributed by atoms with Crippen LogP contribution in [0.3, 0.4) is 0 Å². The average molecular weight is 234 g/mol. The molecule has 1 aliphatic heterocycles.